The summed E-state index contributed by atoms with van der Waals surface area (Å²) in [5.41, 5.74) is -0.804. The molecule has 9 heteroatoms. The first-order chi connectivity index (χ1) is 12.6. The van der Waals surface area contributed by atoms with Crippen molar-refractivity contribution >= 4 is 17.8 Å². The Labute approximate surface area is 154 Å². The Kier molecular flexibility index (Phi) is 4.88. The van der Waals surface area contributed by atoms with Gasteiger partial charge in [0.25, 0.3) is 5.91 Å². The second-order valence-corrected chi connectivity index (χ2v) is 6.81. The maximum Gasteiger partial charge on any atom is 0.416 e. The van der Waals surface area contributed by atoms with Crippen LogP contribution in [0.1, 0.15) is 30.9 Å². The van der Waals surface area contributed by atoms with E-state index in [4.69, 9.17) is 0 Å². The van der Waals surface area contributed by atoms with E-state index < -0.39 is 29.9 Å². The third-order valence-corrected chi connectivity index (χ3v) is 5.13. The summed E-state index contributed by atoms with van der Waals surface area (Å²) in [7, 11) is 1.53. The predicted octanol–water partition coefficient (Wildman–Crippen LogP) is 2.48. The van der Waals surface area contributed by atoms with Crippen molar-refractivity contribution in [1.29, 1.82) is 0 Å². The summed E-state index contributed by atoms with van der Waals surface area (Å²) in [6.07, 6.45) is -4.13. The monoisotopic (exact) mass is 383 g/mol. The summed E-state index contributed by atoms with van der Waals surface area (Å²) in [5.74, 6) is -0.736. The van der Waals surface area contributed by atoms with Crippen LogP contribution in [-0.2, 0) is 22.3 Å². The SMILES string of the molecule is CC[C@@H]1C(=O)N([C@@H]2CC(=O)N(Cc3ccccc3C(F)(F)F)C2)C(=O)N1C. The molecule has 2 aliphatic rings. The van der Waals surface area contributed by atoms with Crippen molar-refractivity contribution in [2.24, 2.45) is 0 Å². The minimum Gasteiger partial charge on any atom is -0.336 e. The molecule has 0 bridgehead atoms. The van der Waals surface area contributed by atoms with Crippen molar-refractivity contribution in [2.45, 2.75) is 44.6 Å². The molecule has 146 valence electrons. The number of imide groups is 1. The first-order valence-corrected chi connectivity index (χ1v) is 8.67. The normalized spacial score (nSPS) is 23.7. The fourth-order valence-electron chi connectivity index (χ4n) is 3.73. The molecule has 2 fully saturated rings. The third-order valence-electron chi connectivity index (χ3n) is 5.13. The predicted molar refractivity (Wildman–Crippen MR) is 89.4 cm³/mol. The van der Waals surface area contributed by atoms with E-state index in [1.54, 1.807) is 6.92 Å². The quantitative estimate of drug-likeness (QED) is 0.751. The molecular weight excluding hydrogens is 363 g/mol. The molecule has 2 atom stereocenters. The number of rotatable bonds is 4. The van der Waals surface area contributed by atoms with Gasteiger partial charge in [0.05, 0.1) is 11.6 Å². The number of halogens is 3. The number of benzene rings is 1. The minimum absolute atomic E-state index is 0.0124. The highest BCUT2D eigenvalue weighted by Gasteiger charge is 2.48. The number of nitrogens with zero attached hydrogens (tertiary/aromatic N) is 3. The van der Waals surface area contributed by atoms with Crippen LogP contribution in [0, 0.1) is 0 Å². The van der Waals surface area contributed by atoms with Crippen molar-refractivity contribution < 1.29 is 27.6 Å². The standard InChI is InChI=1S/C18H20F3N3O3/c1-3-14-16(26)24(17(27)22(14)2)12-8-15(25)23(10-12)9-11-6-4-5-7-13(11)18(19,20)21/h4-7,12,14H,3,8-10H2,1-2H3/t12-,14-/m1/s1. The van der Waals surface area contributed by atoms with Gasteiger partial charge in [0.1, 0.15) is 6.04 Å². The lowest BCUT2D eigenvalue weighted by Crippen LogP contribution is -2.42. The van der Waals surface area contributed by atoms with Gasteiger partial charge in [-0.3, -0.25) is 14.5 Å². The molecule has 27 heavy (non-hydrogen) atoms. The number of likely N-dealkylation sites (tertiary alicyclic amines) is 1. The van der Waals surface area contributed by atoms with Crippen LogP contribution >= 0.6 is 0 Å². The van der Waals surface area contributed by atoms with Gasteiger partial charge < -0.3 is 9.80 Å². The second-order valence-electron chi connectivity index (χ2n) is 6.81. The molecule has 4 amide bonds. The van der Waals surface area contributed by atoms with Gasteiger partial charge in [-0.15, -0.1) is 0 Å². The second kappa shape index (κ2) is 6.86. The maximum absolute atomic E-state index is 13.2. The first-order valence-electron chi connectivity index (χ1n) is 8.67. The van der Waals surface area contributed by atoms with E-state index in [0.29, 0.717) is 6.42 Å². The lowest BCUT2D eigenvalue weighted by Gasteiger charge is -2.23. The number of carbonyl (C=O) groups is 3. The number of amides is 4. The van der Waals surface area contributed by atoms with Crippen LogP contribution in [-0.4, -0.2) is 58.2 Å². The number of carbonyl (C=O) groups excluding carboxylic acids is 3. The van der Waals surface area contributed by atoms with Gasteiger partial charge in [0, 0.05) is 26.6 Å². The van der Waals surface area contributed by atoms with Crippen LogP contribution in [0.25, 0.3) is 0 Å². The molecule has 6 nitrogen and oxygen atoms in total. The van der Waals surface area contributed by atoms with Crippen LogP contribution < -0.4 is 0 Å². The smallest absolute Gasteiger partial charge is 0.336 e. The summed E-state index contributed by atoms with van der Waals surface area (Å²) in [4.78, 5) is 40.9. The molecule has 2 saturated heterocycles. The Morgan fingerprint density at radius 2 is 1.81 bits per heavy atom. The molecular formula is C18H20F3N3O3. The van der Waals surface area contributed by atoms with Gasteiger partial charge in [-0.1, -0.05) is 25.1 Å². The van der Waals surface area contributed by atoms with Crippen molar-refractivity contribution in [1.82, 2.24) is 14.7 Å². The number of alkyl halides is 3. The van der Waals surface area contributed by atoms with Crippen molar-refractivity contribution in [3.63, 3.8) is 0 Å². The van der Waals surface area contributed by atoms with Crippen molar-refractivity contribution in [3.05, 3.63) is 35.4 Å². The summed E-state index contributed by atoms with van der Waals surface area (Å²) < 4.78 is 39.5. The third kappa shape index (κ3) is 3.38. The number of hydrogen-bond acceptors (Lipinski definition) is 3. The summed E-state index contributed by atoms with van der Waals surface area (Å²) >= 11 is 0. The highest BCUT2D eigenvalue weighted by Crippen LogP contribution is 2.33. The zero-order valence-electron chi connectivity index (χ0n) is 15.0. The minimum atomic E-state index is -4.52. The molecule has 0 radical (unpaired) electrons. The Balaban J connectivity index is 1.78. The van der Waals surface area contributed by atoms with Gasteiger partial charge in [-0.05, 0) is 18.1 Å². The molecule has 1 aromatic carbocycles. The lowest BCUT2D eigenvalue weighted by molar-refractivity contribution is -0.139. The number of likely N-dealkylation sites (N-methyl/N-ethyl adjacent to an activating group) is 1. The highest BCUT2D eigenvalue weighted by molar-refractivity contribution is 6.05. The zero-order chi connectivity index (χ0) is 19.9. The van der Waals surface area contributed by atoms with Gasteiger partial charge in [-0.2, -0.15) is 13.2 Å². The molecule has 0 N–H and O–H groups in total. The zero-order valence-corrected chi connectivity index (χ0v) is 15.0. The Morgan fingerprint density at radius 3 is 2.41 bits per heavy atom. The molecule has 0 unspecified atom stereocenters. The molecule has 2 aliphatic heterocycles. The first kappa shape index (κ1) is 19.2. The van der Waals surface area contributed by atoms with Gasteiger partial charge >= 0.3 is 12.2 Å². The summed E-state index contributed by atoms with van der Waals surface area (Å²) in [6.45, 7) is 1.61. The van der Waals surface area contributed by atoms with Crippen molar-refractivity contribution in [3.8, 4) is 0 Å². The fraction of sp³-hybridized carbons (Fsp3) is 0.500. The van der Waals surface area contributed by atoms with E-state index in [1.807, 2.05) is 0 Å². The molecule has 0 saturated carbocycles. The molecule has 2 heterocycles. The maximum atomic E-state index is 13.2. The van der Waals surface area contributed by atoms with Crippen LogP contribution in [0.3, 0.4) is 0 Å². The van der Waals surface area contributed by atoms with Gasteiger partial charge in [0.15, 0.2) is 0 Å². The Bertz CT molecular complexity index is 781. The molecule has 3 rings (SSSR count). The molecule has 1 aromatic rings. The average Bonchev–Trinajstić information content (AvgIpc) is 3.04. The number of urea groups is 1. The van der Waals surface area contributed by atoms with Crippen molar-refractivity contribution in [2.75, 3.05) is 13.6 Å². The summed E-state index contributed by atoms with van der Waals surface area (Å²) in [6, 6.07) is 3.39. The van der Waals surface area contributed by atoms with E-state index in [9.17, 15) is 27.6 Å². The topological polar surface area (TPSA) is 60.9 Å². The van der Waals surface area contributed by atoms with E-state index in [1.165, 1.54) is 35.0 Å². The van der Waals surface area contributed by atoms with Crippen LogP contribution in [0.2, 0.25) is 0 Å². The van der Waals surface area contributed by atoms with Gasteiger partial charge in [0.2, 0.25) is 5.91 Å². The molecule has 0 aliphatic carbocycles. The number of hydrogen-bond donors (Lipinski definition) is 0. The molecule has 0 spiro atoms. The van der Waals surface area contributed by atoms with Crippen LogP contribution in [0.15, 0.2) is 24.3 Å². The Morgan fingerprint density at radius 1 is 1.15 bits per heavy atom. The largest absolute Gasteiger partial charge is 0.416 e. The Hall–Kier alpha value is -2.58. The highest BCUT2D eigenvalue weighted by atomic mass is 19.4. The van der Waals surface area contributed by atoms with Crippen LogP contribution in [0.4, 0.5) is 18.0 Å². The molecule has 0 aromatic heterocycles. The summed E-state index contributed by atoms with van der Waals surface area (Å²) in [5, 5.41) is 0. The van der Waals surface area contributed by atoms with E-state index >= 15 is 0 Å². The fourth-order valence-corrected chi connectivity index (χ4v) is 3.73. The van der Waals surface area contributed by atoms with E-state index in [2.05, 4.69) is 0 Å². The van der Waals surface area contributed by atoms with E-state index in [-0.39, 0.29) is 36.9 Å². The van der Waals surface area contributed by atoms with Crippen LogP contribution in [0.5, 0.6) is 0 Å². The van der Waals surface area contributed by atoms with Gasteiger partial charge in [-0.25, -0.2) is 4.79 Å². The van der Waals surface area contributed by atoms with E-state index in [0.717, 1.165) is 11.0 Å². The lowest BCUT2D eigenvalue weighted by atomic mass is 10.1. The average molecular weight is 383 g/mol.